The van der Waals surface area contributed by atoms with Crippen molar-refractivity contribution >= 4 is 11.7 Å². The number of ether oxygens (including phenoxy) is 1. The number of aromatic nitrogens is 2. The normalized spacial score (nSPS) is 10.9. The molecule has 0 aliphatic rings. The van der Waals surface area contributed by atoms with Crippen LogP contribution in [0.3, 0.4) is 0 Å². The maximum atomic E-state index is 12.6. The highest BCUT2D eigenvalue weighted by Crippen LogP contribution is 2.30. The Morgan fingerprint density at radius 3 is 2.46 bits per heavy atom. The van der Waals surface area contributed by atoms with Crippen molar-refractivity contribution in [3.63, 3.8) is 0 Å². The molecule has 0 fully saturated rings. The van der Waals surface area contributed by atoms with Crippen molar-refractivity contribution < 1.29 is 14.2 Å². The minimum atomic E-state index is -0.280. The van der Waals surface area contributed by atoms with Gasteiger partial charge in [0.2, 0.25) is 5.82 Å². The van der Waals surface area contributed by atoms with E-state index in [4.69, 9.17) is 9.37 Å². The zero-order valence-electron chi connectivity index (χ0n) is 16.7. The van der Waals surface area contributed by atoms with Crippen LogP contribution >= 0.6 is 0 Å². The van der Waals surface area contributed by atoms with Crippen molar-refractivity contribution in [1.82, 2.24) is 10.3 Å². The van der Waals surface area contributed by atoms with Crippen molar-refractivity contribution in [2.45, 2.75) is 46.6 Å². The van der Waals surface area contributed by atoms with Gasteiger partial charge in [-0.25, -0.2) is 4.63 Å². The smallest absolute Gasteiger partial charge is 0.256 e. The molecule has 0 saturated carbocycles. The summed E-state index contributed by atoms with van der Waals surface area (Å²) in [7, 11) is 0. The lowest BCUT2D eigenvalue weighted by molar-refractivity contribution is 0.102. The molecule has 0 aliphatic heterocycles. The highest BCUT2D eigenvalue weighted by molar-refractivity contribution is 6.05. The Morgan fingerprint density at radius 2 is 1.82 bits per heavy atom. The van der Waals surface area contributed by atoms with E-state index in [1.54, 1.807) is 24.3 Å². The van der Waals surface area contributed by atoms with Crippen LogP contribution in [0.2, 0.25) is 0 Å². The fourth-order valence-corrected chi connectivity index (χ4v) is 2.96. The van der Waals surface area contributed by atoms with E-state index in [0.29, 0.717) is 17.1 Å². The molecule has 1 amide bonds. The minimum absolute atomic E-state index is 0.0788. The Morgan fingerprint density at radius 1 is 1.07 bits per heavy atom. The van der Waals surface area contributed by atoms with Gasteiger partial charge >= 0.3 is 0 Å². The molecule has 0 spiro atoms. The van der Waals surface area contributed by atoms with Crippen LogP contribution in [0.1, 0.15) is 49.2 Å². The molecule has 0 bridgehead atoms. The van der Waals surface area contributed by atoms with Gasteiger partial charge in [-0.3, -0.25) is 4.79 Å². The SMILES string of the molecule is CCc1ccc(CC)c(-c2nonc2NC(=O)c2ccc(OC(C)C)cc2)c1. The average molecular weight is 379 g/mol. The summed E-state index contributed by atoms with van der Waals surface area (Å²) in [6, 6.07) is 13.3. The molecule has 0 radical (unpaired) electrons. The van der Waals surface area contributed by atoms with Crippen LogP contribution in [0.15, 0.2) is 47.1 Å². The number of anilines is 1. The third-order valence-electron chi connectivity index (χ3n) is 4.43. The number of hydrogen-bond donors (Lipinski definition) is 1. The Balaban J connectivity index is 1.84. The Kier molecular flexibility index (Phi) is 6.09. The summed E-state index contributed by atoms with van der Waals surface area (Å²) in [5.74, 6) is 0.757. The molecular formula is C22H25N3O3. The number of nitrogens with zero attached hydrogens (tertiary/aromatic N) is 2. The second-order valence-electron chi connectivity index (χ2n) is 6.81. The predicted molar refractivity (Wildman–Crippen MR) is 109 cm³/mol. The van der Waals surface area contributed by atoms with Crippen LogP contribution in [-0.4, -0.2) is 22.3 Å². The van der Waals surface area contributed by atoms with Crippen LogP contribution in [-0.2, 0) is 12.8 Å². The molecule has 1 N–H and O–H groups in total. The lowest BCUT2D eigenvalue weighted by Gasteiger charge is -2.10. The van der Waals surface area contributed by atoms with E-state index in [2.05, 4.69) is 47.7 Å². The maximum Gasteiger partial charge on any atom is 0.256 e. The molecule has 2 aromatic carbocycles. The Bertz CT molecular complexity index is 946. The van der Waals surface area contributed by atoms with Gasteiger partial charge in [-0.05, 0) is 78.5 Å². The first-order valence-electron chi connectivity index (χ1n) is 9.54. The van der Waals surface area contributed by atoms with Crippen molar-refractivity contribution in [2.24, 2.45) is 0 Å². The van der Waals surface area contributed by atoms with Gasteiger partial charge in [0.05, 0.1) is 6.10 Å². The lowest BCUT2D eigenvalue weighted by atomic mass is 9.98. The van der Waals surface area contributed by atoms with Gasteiger partial charge in [0.25, 0.3) is 5.91 Å². The maximum absolute atomic E-state index is 12.6. The fourth-order valence-electron chi connectivity index (χ4n) is 2.96. The van der Waals surface area contributed by atoms with Gasteiger partial charge in [0, 0.05) is 11.1 Å². The second kappa shape index (κ2) is 8.69. The van der Waals surface area contributed by atoms with Crippen molar-refractivity contribution in [2.75, 3.05) is 5.32 Å². The number of carbonyl (C=O) groups excluding carboxylic acids is 1. The molecule has 3 aromatic rings. The lowest BCUT2D eigenvalue weighted by Crippen LogP contribution is -2.13. The molecule has 1 aromatic heterocycles. The number of amides is 1. The first-order chi connectivity index (χ1) is 13.5. The molecule has 0 aliphatic carbocycles. The number of nitrogens with one attached hydrogen (secondary N) is 1. The van der Waals surface area contributed by atoms with Gasteiger partial charge in [-0.15, -0.1) is 0 Å². The van der Waals surface area contributed by atoms with Crippen molar-refractivity contribution in [1.29, 1.82) is 0 Å². The summed E-state index contributed by atoms with van der Waals surface area (Å²) in [6.07, 6.45) is 1.83. The summed E-state index contributed by atoms with van der Waals surface area (Å²) in [5, 5.41) is 10.8. The molecule has 6 nitrogen and oxygen atoms in total. The fraction of sp³-hybridized carbons (Fsp3) is 0.318. The number of carbonyl (C=O) groups is 1. The van der Waals surface area contributed by atoms with E-state index < -0.39 is 0 Å². The van der Waals surface area contributed by atoms with Crippen LogP contribution in [0, 0.1) is 0 Å². The molecule has 0 atom stereocenters. The van der Waals surface area contributed by atoms with Crippen LogP contribution in [0.25, 0.3) is 11.3 Å². The molecule has 3 rings (SSSR count). The Labute approximate surface area is 164 Å². The summed E-state index contributed by atoms with van der Waals surface area (Å²) in [4.78, 5) is 12.6. The predicted octanol–water partition coefficient (Wildman–Crippen LogP) is 4.90. The van der Waals surface area contributed by atoms with Crippen LogP contribution in [0.5, 0.6) is 5.75 Å². The topological polar surface area (TPSA) is 77.3 Å². The van der Waals surface area contributed by atoms with E-state index in [-0.39, 0.29) is 12.0 Å². The molecule has 146 valence electrons. The van der Waals surface area contributed by atoms with Crippen molar-refractivity contribution in [3.05, 3.63) is 59.2 Å². The van der Waals surface area contributed by atoms with Gasteiger partial charge < -0.3 is 10.1 Å². The molecule has 6 heteroatoms. The Hall–Kier alpha value is -3.15. The highest BCUT2D eigenvalue weighted by Gasteiger charge is 2.18. The quantitative estimate of drug-likeness (QED) is 0.632. The average Bonchev–Trinajstić information content (AvgIpc) is 3.15. The third kappa shape index (κ3) is 4.39. The molecule has 0 unspecified atom stereocenters. The molecule has 28 heavy (non-hydrogen) atoms. The van der Waals surface area contributed by atoms with Gasteiger partial charge in [0.15, 0.2) is 5.69 Å². The van der Waals surface area contributed by atoms with Crippen LogP contribution in [0.4, 0.5) is 5.82 Å². The van der Waals surface area contributed by atoms with E-state index in [1.165, 1.54) is 5.56 Å². The van der Waals surface area contributed by atoms with E-state index in [1.807, 2.05) is 13.8 Å². The summed E-state index contributed by atoms with van der Waals surface area (Å²) in [6.45, 7) is 8.09. The standard InChI is InChI=1S/C22H25N3O3/c1-5-15-7-8-16(6-2)19(13-15)20-21(25-28-24-20)23-22(26)17-9-11-18(12-10-17)27-14(3)4/h7-14H,5-6H2,1-4H3,(H,23,25,26). The zero-order chi connectivity index (χ0) is 20.1. The van der Waals surface area contributed by atoms with Gasteiger partial charge in [-0.2, -0.15) is 0 Å². The zero-order valence-corrected chi connectivity index (χ0v) is 16.7. The van der Waals surface area contributed by atoms with Crippen LogP contribution < -0.4 is 10.1 Å². The number of rotatable bonds is 7. The summed E-state index contributed by atoms with van der Waals surface area (Å²) < 4.78 is 10.5. The largest absolute Gasteiger partial charge is 0.491 e. The van der Waals surface area contributed by atoms with Crippen molar-refractivity contribution in [3.8, 4) is 17.0 Å². The monoisotopic (exact) mass is 379 g/mol. The molecular weight excluding hydrogens is 354 g/mol. The van der Waals surface area contributed by atoms with E-state index >= 15 is 0 Å². The number of hydrogen-bond acceptors (Lipinski definition) is 5. The van der Waals surface area contributed by atoms with Gasteiger partial charge in [0.1, 0.15) is 5.75 Å². The minimum Gasteiger partial charge on any atom is -0.491 e. The summed E-state index contributed by atoms with van der Waals surface area (Å²) >= 11 is 0. The number of aryl methyl sites for hydroxylation is 2. The highest BCUT2D eigenvalue weighted by atomic mass is 16.6. The first kappa shape index (κ1) is 19.6. The molecule has 1 heterocycles. The summed E-state index contributed by atoms with van der Waals surface area (Å²) in [5.41, 5.74) is 4.29. The van der Waals surface area contributed by atoms with E-state index in [0.717, 1.165) is 29.7 Å². The van der Waals surface area contributed by atoms with E-state index in [9.17, 15) is 4.79 Å². The first-order valence-corrected chi connectivity index (χ1v) is 9.54. The van der Waals surface area contributed by atoms with Gasteiger partial charge in [-0.1, -0.05) is 26.0 Å². The number of benzene rings is 2. The molecule has 0 saturated heterocycles. The third-order valence-corrected chi connectivity index (χ3v) is 4.43. The second-order valence-corrected chi connectivity index (χ2v) is 6.81.